The molecule has 0 aromatic carbocycles. The predicted molar refractivity (Wildman–Crippen MR) is 92.5 cm³/mol. The van der Waals surface area contributed by atoms with E-state index in [9.17, 15) is 19.5 Å². The zero-order chi connectivity index (χ0) is 18.8. The molecule has 1 N–H and O–H groups in total. The van der Waals surface area contributed by atoms with Crippen molar-refractivity contribution in [1.82, 2.24) is 18.6 Å². The van der Waals surface area contributed by atoms with Crippen LogP contribution < -0.4 is 17.1 Å². The summed E-state index contributed by atoms with van der Waals surface area (Å²) in [6, 6.07) is 0. The fourth-order valence-corrected chi connectivity index (χ4v) is 2.95. The van der Waals surface area contributed by atoms with E-state index < -0.39 is 23.2 Å². The minimum atomic E-state index is -0.894. The van der Waals surface area contributed by atoms with Gasteiger partial charge in [-0.3, -0.25) is 0 Å². The Morgan fingerprint density at radius 3 is 1.77 bits per heavy atom. The van der Waals surface area contributed by atoms with E-state index in [1.165, 1.54) is 0 Å². The van der Waals surface area contributed by atoms with E-state index in [-0.39, 0.29) is 31.8 Å². The molecule has 10 nitrogen and oxygen atoms in total. The molecule has 0 aliphatic carbocycles. The number of aliphatic hydroxyl groups is 1. The number of epoxide rings is 2. The van der Waals surface area contributed by atoms with Crippen molar-refractivity contribution in [1.29, 1.82) is 0 Å². The lowest BCUT2D eigenvalue weighted by Gasteiger charge is -2.22. The molecule has 3 unspecified atom stereocenters. The van der Waals surface area contributed by atoms with Gasteiger partial charge in [0.2, 0.25) is 0 Å². The first kappa shape index (κ1) is 19.0. The Morgan fingerprint density at radius 1 is 0.962 bits per heavy atom. The molecule has 2 aliphatic rings. The van der Waals surface area contributed by atoms with Gasteiger partial charge in [0.1, 0.15) is 0 Å². The zero-order valence-electron chi connectivity index (χ0n) is 15.2. The van der Waals surface area contributed by atoms with E-state index in [0.717, 1.165) is 26.8 Å². The number of nitrogens with zero attached hydrogens (tertiary/aromatic N) is 4. The number of hydrogen-bond donors (Lipinski definition) is 1. The van der Waals surface area contributed by atoms with E-state index >= 15 is 0 Å². The average molecular weight is 370 g/mol. The van der Waals surface area contributed by atoms with Crippen LogP contribution in [-0.4, -0.2) is 74.9 Å². The molecule has 0 radical (unpaired) electrons. The fourth-order valence-electron chi connectivity index (χ4n) is 2.95. The Hall–Kier alpha value is -1.75. The second-order valence-corrected chi connectivity index (χ2v) is 6.73. The highest BCUT2D eigenvalue weighted by Gasteiger charge is 2.29. The molecule has 0 spiro atoms. The molecule has 0 saturated carbocycles. The molecule has 26 heavy (non-hydrogen) atoms. The number of hydrogen-bond acceptors (Lipinski definition) is 7. The molecular weight excluding hydrogens is 344 g/mol. The third-order valence-corrected chi connectivity index (χ3v) is 4.72. The topological polar surface area (TPSA) is 115 Å². The van der Waals surface area contributed by atoms with Gasteiger partial charge < -0.3 is 19.5 Å². The quantitative estimate of drug-likeness (QED) is 0.460. The molecule has 0 bridgehead atoms. The van der Waals surface area contributed by atoms with Crippen molar-refractivity contribution >= 4 is 0 Å². The Kier molecular flexibility index (Phi) is 5.76. The first-order chi connectivity index (χ1) is 12.4. The standard InChI is InChI=1S/C16H26N4O6/c1-3-17(4-2)5-11(21)6-18-14(22)19(7-12-9-25-12)16(24)20(15(18)23)8-13-10-26-13/h11-13,21H,3-10H2,1-2H3. The number of rotatable bonds is 10. The van der Waals surface area contributed by atoms with Crippen LogP contribution in [0.4, 0.5) is 0 Å². The maximum Gasteiger partial charge on any atom is 0.336 e. The van der Waals surface area contributed by atoms with Crippen LogP contribution in [0.15, 0.2) is 14.4 Å². The molecule has 3 atom stereocenters. The van der Waals surface area contributed by atoms with Gasteiger partial charge in [0.05, 0.1) is 51.2 Å². The van der Waals surface area contributed by atoms with Crippen molar-refractivity contribution in [2.24, 2.45) is 0 Å². The van der Waals surface area contributed by atoms with Crippen LogP contribution >= 0.6 is 0 Å². The van der Waals surface area contributed by atoms with E-state index in [2.05, 4.69) is 0 Å². The summed E-state index contributed by atoms with van der Waals surface area (Å²) in [5.41, 5.74) is -2.07. The van der Waals surface area contributed by atoms with Crippen LogP contribution in [0.2, 0.25) is 0 Å². The molecular formula is C16H26N4O6. The second-order valence-electron chi connectivity index (χ2n) is 6.73. The summed E-state index contributed by atoms with van der Waals surface area (Å²) in [6.07, 6.45) is -1.26. The molecule has 10 heteroatoms. The van der Waals surface area contributed by atoms with Gasteiger partial charge in [0, 0.05) is 6.54 Å². The minimum absolute atomic E-state index is 0.107. The Balaban J connectivity index is 1.92. The van der Waals surface area contributed by atoms with Crippen LogP contribution in [-0.2, 0) is 29.1 Å². The molecule has 2 fully saturated rings. The van der Waals surface area contributed by atoms with E-state index in [0.29, 0.717) is 19.8 Å². The van der Waals surface area contributed by atoms with Crippen LogP contribution in [0.3, 0.4) is 0 Å². The van der Waals surface area contributed by atoms with Crippen molar-refractivity contribution in [3.8, 4) is 0 Å². The highest BCUT2D eigenvalue weighted by molar-refractivity contribution is 4.85. The number of aromatic nitrogens is 3. The van der Waals surface area contributed by atoms with Gasteiger partial charge in [0.25, 0.3) is 0 Å². The first-order valence-electron chi connectivity index (χ1n) is 9.02. The van der Waals surface area contributed by atoms with E-state index in [1.807, 2.05) is 18.7 Å². The lowest BCUT2D eigenvalue weighted by molar-refractivity contribution is 0.0988. The maximum absolute atomic E-state index is 12.7. The Labute approximate surface area is 150 Å². The Bertz CT molecular complexity index is 748. The summed E-state index contributed by atoms with van der Waals surface area (Å²) in [5, 5.41) is 10.3. The summed E-state index contributed by atoms with van der Waals surface area (Å²) in [6.45, 7) is 6.82. The van der Waals surface area contributed by atoms with Gasteiger partial charge in [-0.05, 0) is 13.1 Å². The lowest BCUT2D eigenvalue weighted by atomic mass is 10.3. The van der Waals surface area contributed by atoms with Gasteiger partial charge in [-0.1, -0.05) is 13.8 Å². The summed E-state index contributed by atoms with van der Waals surface area (Å²) in [4.78, 5) is 40.0. The van der Waals surface area contributed by atoms with Crippen molar-refractivity contribution in [3.63, 3.8) is 0 Å². The van der Waals surface area contributed by atoms with Crippen molar-refractivity contribution in [2.45, 2.75) is 51.8 Å². The summed E-state index contributed by atoms with van der Waals surface area (Å²) < 4.78 is 13.2. The third kappa shape index (κ3) is 4.32. The molecule has 0 amide bonds. The molecule has 1 aromatic heterocycles. The highest BCUT2D eigenvalue weighted by atomic mass is 16.6. The molecule has 3 rings (SSSR count). The minimum Gasteiger partial charge on any atom is -0.390 e. The van der Waals surface area contributed by atoms with Crippen LogP contribution in [0.5, 0.6) is 0 Å². The number of likely N-dealkylation sites (N-methyl/N-ethyl adjacent to an activating group) is 1. The number of ether oxygens (including phenoxy) is 2. The first-order valence-corrected chi connectivity index (χ1v) is 9.02. The van der Waals surface area contributed by atoms with Gasteiger partial charge in [-0.2, -0.15) is 0 Å². The SMILES string of the molecule is CCN(CC)CC(O)Cn1c(=O)n(CC2CO2)c(=O)n(CC2CO2)c1=O. The summed E-state index contributed by atoms with van der Waals surface area (Å²) in [5.74, 6) is 0. The molecule has 1 aromatic rings. The van der Waals surface area contributed by atoms with Crippen LogP contribution in [0.1, 0.15) is 13.8 Å². The highest BCUT2D eigenvalue weighted by Crippen LogP contribution is 2.10. The van der Waals surface area contributed by atoms with Gasteiger partial charge in [-0.15, -0.1) is 0 Å². The predicted octanol–water partition coefficient (Wildman–Crippen LogP) is -2.33. The summed E-state index contributed by atoms with van der Waals surface area (Å²) in [7, 11) is 0. The smallest absolute Gasteiger partial charge is 0.336 e. The zero-order valence-corrected chi connectivity index (χ0v) is 15.2. The van der Waals surface area contributed by atoms with Crippen LogP contribution in [0, 0.1) is 0 Å². The lowest BCUT2D eigenvalue weighted by Crippen LogP contribution is -2.56. The molecule has 2 aliphatic heterocycles. The van der Waals surface area contributed by atoms with E-state index in [4.69, 9.17) is 9.47 Å². The number of aliphatic hydroxyl groups excluding tert-OH is 1. The van der Waals surface area contributed by atoms with Gasteiger partial charge >= 0.3 is 17.1 Å². The largest absolute Gasteiger partial charge is 0.390 e. The van der Waals surface area contributed by atoms with Gasteiger partial charge in [-0.25, -0.2) is 28.1 Å². The van der Waals surface area contributed by atoms with Gasteiger partial charge in [0.15, 0.2) is 0 Å². The Morgan fingerprint density at radius 2 is 1.38 bits per heavy atom. The fraction of sp³-hybridized carbons (Fsp3) is 0.812. The van der Waals surface area contributed by atoms with Crippen molar-refractivity contribution in [2.75, 3.05) is 32.8 Å². The van der Waals surface area contributed by atoms with E-state index in [1.54, 1.807) is 0 Å². The molecule has 146 valence electrons. The molecule has 2 saturated heterocycles. The maximum atomic E-state index is 12.7. The van der Waals surface area contributed by atoms with Crippen molar-refractivity contribution < 1.29 is 14.6 Å². The normalized spacial score (nSPS) is 22.6. The van der Waals surface area contributed by atoms with Crippen molar-refractivity contribution in [3.05, 3.63) is 31.5 Å². The van der Waals surface area contributed by atoms with Crippen LogP contribution in [0.25, 0.3) is 0 Å². The molecule has 3 heterocycles. The second kappa shape index (κ2) is 7.87. The third-order valence-electron chi connectivity index (χ3n) is 4.72. The monoisotopic (exact) mass is 370 g/mol. The summed E-state index contributed by atoms with van der Waals surface area (Å²) >= 11 is 0. The average Bonchev–Trinajstić information content (AvgIpc) is 3.52.